The first-order valence-electron chi connectivity index (χ1n) is 6.22. The highest BCUT2D eigenvalue weighted by Crippen LogP contribution is 2.21. The van der Waals surface area contributed by atoms with E-state index < -0.39 is 5.97 Å². The Morgan fingerprint density at radius 1 is 1.11 bits per heavy atom. The quantitative estimate of drug-likeness (QED) is 0.864. The van der Waals surface area contributed by atoms with Gasteiger partial charge in [-0.25, -0.2) is 4.79 Å². The standard InChI is InChI=1S/C15H17NO3/c1-10(12-6-4-3-5-7-12)16-11(2)13-8-9-14(19-13)15(17)18/h3-11,16H,1-2H3,(H,17,18). The van der Waals surface area contributed by atoms with Gasteiger partial charge in [-0.2, -0.15) is 0 Å². The maximum atomic E-state index is 10.8. The van der Waals surface area contributed by atoms with Gasteiger partial charge in [0.2, 0.25) is 5.76 Å². The van der Waals surface area contributed by atoms with Gasteiger partial charge in [0.05, 0.1) is 6.04 Å². The summed E-state index contributed by atoms with van der Waals surface area (Å²) in [5, 5.41) is 12.2. The molecule has 0 bridgehead atoms. The van der Waals surface area contributed by atoms with Crippen LogP contribution in [0.4, 0.5) is 0 Å². The molecule has 1 aromatic heterocycles. The molecule has 0 radical (unpaired) electrons. The number of nitrogens with one attached hydrogen (secondary N) is 1. The molecule has 2 atom stereocenters. The van der Waals surface area contributed by atoms with Crippen LogP contribution in [-0.2, 0) is 0 Å². The Balaban J connectivity index is 2.04. The second-order valence-electron chi connectivity index (χ2n) is 4.53. The van der Waals surface area contributed by atoms with Gasteiger partial charge in [0.25, 0.3) is 0 Å². The lowest BCUT2D eigenvalue weighted by Crippen LogP contribution is -2.22. The largest absolute Gasteiger partial charge is 0.475 e. The molecule has 19 heavy (non-hydrogen) atoms. The van der Waals surface area contributed by atoms with Crippen LogP contribution in [0.25, 0.3) is 0 Å². The number of carboxylic acid groups (broad SMARTS) is 1. The van der Waals surface area contributed by atoms with E-state index in [9.17, 15) is 4.79 Å². The Labute approximate surface area is 112 Å². The summed E-state index contributed by atoms with van der Waals surface area (Å²) in [6.07, 6.45) is 0. The minimum absolute atomic E-state index is 0.0315. The molecular formula is C15H17NO3. The van der Waals surface area contributed by atoms with Crippen molar-refractivity contribution in [2.24, 2.45) is 0 Å². The van der Waals surface area contributed by atoms with Gasteiger partial charge in [0.1, 0.15) is 5.76 Å². The summed E-state index contributed by atoms with van der Waals surface area (Å²) in [5.74, 6) is -0.453. The molecule has 1 aromatic carbocycles. The van der Waals surface area contributed by atoms with Crippen molar-refractivity contribution in [1.29, 1.82) is 0 Å². The molecule has 0 aliphatic carbocycles. The molecule has 100 valence electrons. The van der Waals surface area contributed by atoms with Crippen LogP contribution in [-0.4, -0.2) is 11.1 Å². The maximum Gasteiger partial charge on any atom is 0.371 e. The van der Waals surface area contributed by atoms with Crippen molar-refractivity contribution in [1.82, 2.24) is 5.32 Å². The van der Waals surface area contributed by atoms with Crippen molar-refractivity contribution in [3.63, 3.8) is 0 Å². The van der Waals surface area contributed by atoms with Crippen LogP contribution in [0, 0.1) is 0 Å². The van der Waals surface area contributed by atoms with E-state index >= 15 is 0 Å². The van der Waals surface area contributed by atoms with Gasteiger partial charge in [0.15, 0.2) is 0 Å². The first-order valence-corrected chi connectivity index (χ1v) is 6.22. The normalized spacial score (nSPS) is 14.0. The van der Waals surface area contributed by atoms with Gasteiger partial charge in [-0.1, -0.05) is 30.3 Å². The summed E-state index contributed by atoms with van der Waals surface area (Å²) < 4.78 is 5.28. The van der Waals surface area contributed by atoms with Crippen molar-refractivity contribution in [2.75, 3.05) is 0 Å². The fourth-order valence-electron chi connectivity index (χ4n) is 2.00. The molecule has 0 aliphatic heterocycles. The summed E-state index contributed by atoms with van der Waals surface area (Å²) in [7, 11) is 0. The summed E-state index contributed by atoms with van der Waals surface area (Å²) >= 11 is 0. The number of hydrogen-bond donors (Lipinski definition) is 2. The molecule has 0 spiro atoms. The van der Waals surface area contributed by atoms with Gasteiger partial charge < -0.3 is 14.8 Å². The summed E-state index contributed by atoms with van der Waals surface area (Å²) in [5.41, 5.74) is 1.18. The molecule has 0 saturated carbocycles. The fourth-order valence-corrected chi connectivity index (χ4v) is 2.00. The third kappa shape index (κ3) is 3.23. The van der Waals surface area contributed by atoms with E-state index in [0.29, 0.717) is 5.76 Å². The van der Waals surface area contributed by atoms with E-state index in [2.05, 4.69) is 24.4 Å². The van der Waals surface area contributed by atoms with Crippen molar-refractivity contribution in [3.8, 4) is 0 Å². The molecule has 4 heteroatoms. The lowest BCUT2D eigenvalue weighted by molar-refractivity contribution is 0.0659. The maximum absolute atomic E-state index is 10.8. The molecule has 2 N–H and O–H groups in total. The average molecular weight is 259 g/mol. The van der Waals surface area contributed by atoms with Gasteiger partial charge in [-0.15, -0.1) is 0 Å². The smallest absolute Gasteiger partial charge is 0.371 e. The predicted octanol–water partition coefficient (Wildman–Crippen LogP) is 3.39. The van der Waals surface area contributed by atoms with E-state index in [1.807, 2.05) is 25.1 Å². The summed E-state index contributed by atoms with van der Waals surface area (Å²) in [4.78, 5) is 10.8. The SMILES string of the molecule is CC(NC(C)c1ccc(C(=O)O)o1)c1ccccc1. The molecule has 4 nitrogen and oxygen atoms in total. The van der Waals surface area contributed by atoms with E-state index in [-0.39, 0.29) is 17.8 Å². The topological polar surface area (TPSA) is 62.5 Å². The van der Waals surface area contributed by atoms with E-state index in [1.165, 1.54) is 11.6 Å². The molecule has 0 saturated heterocycles. The molecule has 2 unspecified atom stereocenters. The second-order valence-corrected chi connectivity index (χ2v) is 4.53. The number of furan rings is 1. The molecule has 2 rings (SSSR count). The van der Waals surface area contributed by atoms with Crippen molar-refractivity contribution < 1.29 is 14.3 Å². The summed E-state index contributed by atoms with van der Waals surface area (Å²) in [6.45, 7) is 4.01. The zero-order chi connectivity index (χ0) is 13.8. The van der Waals surface area contributed by atoms with Gasteiger partial charge in [0, 0.05) is 6.04 Å². The minimum Gasteiger partial charge on any atom is -0.475 e. The van der Waals surface area contributed by atoms with Gasteiger partial charge >= 0.3 is 5.97 Å². The van der Waals surface area contributed by atoms with Gasteiger partial charge in [-0.3, -0.25) is 0 Å². The number of carbonyl (C=O) groups is 1. The highest BCUT2D eigenvalue weighted by atomic mass is 16.4. The van der Waals surface area contributed by atoms with Crippen LogP contribution in [0.2, 0.25) is 0 Å². The number of aromatic carboxylic acids is 1. The Kier molecular flexibility index (Phi) is 4.02. The molecule has 2 aromatic rings. The molecule has 0 amide bonds. The van der Waals surface area contributed by atoms with Crippen LogP contribution >= 0.6 is 0 Å². The highest BCUT2D eigenvalue weighted by Gasteiger charge is 2.16. The molecule has 0 fully saturated rings. The number of rotatable bonds is 5. The zero-order valence-electron chi connectivity index (χ0n) is 11.0. The molecule has 0 aliphatic rings. The van der Waals surface area contributed by atoms with Crippen molar-refractivity contribution >= 4 is 5.97 Å². The second kappa shape index (κ2) is 5.71. The van der Waals surface area contributed by atoms with Crippen molar-refractivity contribution in [3.05, 3.63) is 59.5 Å². The number of hydrogen-bond acceptors (Lipinski definition) is 3. The molecule has 1 heterocycles. The Morgan fingerprint density at radius 3 is 2.37 bits per heavy atom. The Bertz CT molecular complexity index is 548. The predicted molar refractivity (Wildman–Crippen MR) is 72.1 cm³/mol. The van der Waals surface area contributed by atoms with E-state index in [4.69, 9.17) is 9.52 Å². The highest BCUT2D eigenvalue weighted by molar-refractivity contribution is 5.84. The Hall–Kier alpha value is -2.07. The van der Waals surface area contributed by atoms with Crippen LogP contribution in [0.5, 0.6) is 0 Å². The lowest BCUT2D eigenvalue weighted by Gasteiger charge is -2.18. The monoisotopic (exact) mass is 259 g/mol. The van der Waals surface area contributed by atoms with E-state index in [1.54, 1.807) is 6.07 Å². The van der Waals surface area contributed by atoms with Crippen LogP contribution < -0.4 is 5.32 Å². The number of benzene rings is 1. The molecular weight excluding hydrogens is 242 g/mol. The summed E-state index contributed by atoms with van der Waals surface area (Å²) in [6, 6.07) is 13.3. The number of carboxylic acids is 1. The Morgan fingerprint density at radius 2 is 1.79 bits per heavy atom. The third-order valence-electron chi connectivity index (χ3n) is 3.06. The van der Waals surface area contributed by atoms with Crippen LogP contribution in [0.3, 0.4) is 0 Å². The average Bonchev–Trinajstić information content (AvgIpc) is 2.89. The fraction of sp³-hybridized carbons (Fsp3) is 0.267. The minimum atomic E-state index is -1.05. The zero-order valence-corrected chi connectivity index (χ0v) is 11.0. The first-order chi connectivity index (χ1) is 9.08. The van der Waals surface area contributed by atoms with Crippen molar-refractivity contribution in [2.45, 2.75) is 25.9 Å². The first kappa shape index (κ1) is 13.4. The third-order valence-corrected chi connectivity index (χ3v) is 3.06. The van der Waals surface area contributed by atoms with Crippen LogP contribution in [0.15, 0.2) is 46.9 Å². The lowest BCUT2D eigenvalue weighted by atomic mass is 10.1. The van der Waals surface area contributed by atoms with Gasteiger partial charge in [-0.05, 0) is 31.5 Å². The van der Waals surface area contributed by atoms with E-state index in [0.717, 1.165) is 0 Å². The van der Waals surface area contributed by atoms with Crippen LogP contribution in [0.1, 0.15) is 47.8 Å².